The van der Waals surface area contributed by atoms with Crippen molar-refractivity contribution in [2.75, 3.05) is 0 Å². The van der Waals surface area contributed by atoms with Crippen LogP contribution in [0.2, 0.25) is 0 Å². The molecule has 4 rings (SSSR count). The summed E-state index contributed by atoms with van der Waals surface area (Å²) in [7, 11) is 0. The van der Waals surface area contributed by atoms with E-state index in [2.05, 4.69) is 27.9 Å². The number of nitrogens with one attached hydrogen (secondary N) is 1. The summed E-state index contributed by atoms with van der Waals surface area (Å²) in [6.07, 6.45) is 4.93. The van der Waals surface area contributed by atoms with E-state index in [4.69, 9.17) is 4.74 Å². The number of amides is 4. The van der Waals surface area contributed by atoms with Gasteiger partial charge in [-0.1, -0.05) is 31.0 Å². The highest BCUT2D eigenvalue weighted by Crippen LogP contribution is 2.28. The third-order valence-electron chi connectivity index (χ3n) is 5.37. The SMILES string of the molecule is O=C1NC(=O)N(C2CCCC2)C(=O)/C1=C/c1ccc(OCc2cccc(F)c2)c(I)c1. The Morgan fingerprint density at radius 1 is 1.13 bits per heavy atom. The minimum Gasteiger partial charge on any atom is -0.488 e. The quantitative estimate of drug-likeness (QED) is 0.351. The van der Waals surface area contributed by atoms with E-state index in [-0.39, 0.29) is 24.0 Å². The van der Waals surface area contributed by atoms with Crippen LogP contribution in [0.5, 0.6) is 5.75 Å². The Labute approximate surface area is 192 Å². The zero-order valence-corrected chi connectivity index (χ0v) is 18.7. The van der Waals surface area contributed by atoms with Crippen LogP contribution < -0.4 is 10.1 Å². The fraction of sp³-hybridized carbons (Fsp3) is 0.261. The first kappa shape index (κ1) is 21.5. The summed E-state index contributed by atoms with van der Waals surface area (Å²) in [4.78, 5) is 38.6. The first-order valence-electron chi connectivity index (χ1n) is 10.00. The first-order chi connectivity index (χ1) is 14.9. The molecule has 2 aromatic carbocycles. The van der Waals surface area contributed by atoms with Crippen LogP contribution in [0, 0.1) is 9.39 Å². The van der Waals surface area contributed by atoms with Gasteiger partial charge in [0, 0.05) is 6.04 Å². The molecule has 0 atom stereocenters. The monoisotopic (exact) mass is 534 g/mol. The van der Waals surface area contributed by atoms with Crippen molar-refractivity contribution in [2.24, 2.45) is 0 Å². The van der Waals surface area contributed by atoms with E-state index in [1.807, 2.05) is 0 Å². The number of barbiturate groups is 1. The highest BCUT2D eigenvalue weighted by molar-refractivity contribution is 14.1. The van der Waals surface area contributed by atoms with Crippen LogP contribution in [0.4, 0.5) is 9.18 Å². The van der Waals surface area contributed by atoms with Gasteiger partial charge >= 0.3 is 6.03 Å². The Hall–Kier alpha value is -2.75. The second kappa shape index (κ2) is 9.17. The number of urea groups is 1. The zero-order chi connectivity index (χ0) is 22.0. The summed E-state index contributed by atoms with van der Waals surface area (Å²) in [5.41, 5.74) is 1.29. The van der Waals surface area contributed by atoms with E-state index in [9.17, 15) is 18.8 Å². The lowest BCUT2D eigenvalue weighted by Gasteiger charge is -2.31. The van der Waals surface area contributed by atoms with Gasteiger partial charge in [-0.25, -0.2) is 9.18 Å². The minimum absolute atomic E-state index is 0.0595. The number of hydrogen-bond acceptors (Lipinski definition) is 4. The molecular formula is C23H20FIN2O4. The van der Waals surface area contributed by atoms with Crippen LogP contribution in [0.15, 0.2) is 48.0 Å². The Balaban J connectivity index is 1.52. The summed E-state index contributed by atoms with van der Waals surface area (Å²) < 4.78 is 19.9. The summed E-state index contributed by atoms with van der Waals surface area (Å²) in [6, 6.07) is 10.6. The molecule has 0 spiro atoms. The lowest BCUT2D eigenvalue weighted by molar-refractivity contribution is -0.131. The van der Waals surface area contributed by atoms with Gasteiger partial charge in [-0.15, -0.1) is 0 Å². The highest BCUT2D eigenvalue weighted by Gasteiger charge is 2.40. The van der Waals surface area contributed by atoms with Crippen molar-refractivity contribution in [1.82, 2.24) is 10.2 Å². The highest BCUT2D eigenvalue weighted by atomic mass is 127. The lowest BCUT2D eigenvalue weighted by atomic mass is 10.1. The van der Waals surface area contributed by atoms with Gasteiger partial charge in [0.05, 0.1) is 3.57 Å². The van der Waals surface area contributed by atoms with Crippen molar-refractivity contribution in [2.45, 2.75) is 38.3 Å². The van der Waals surface area contributed by atoms with Crippen LogP contribution in [0.1, 0.15) is 36.8 Å². The molecular weight excluding hydrogens is 514 g/mol. The van der Waals surface area contributed by atoms with Crippen molar-refractivity contribution >= 4 is 46.5 Å². The smallest absolute Gasteiger partial charge is 0.331 e. The molecule has 0 radical (unpaired) electrons. The second-order valence-electron chi connectivity index (χ2n) is 7.54. The van der Waals surface area contributed by atoms with Crippen molar-refractivity contribution in [3.05, 3.63) is 68.6 Å². The molecule has 2 aliphatic rings. The van der Waals surface area contributed by atoms with Gasteiger partial charge in [0.25, 0.3) is 11.8 Å². The number of rotatable bonds is 5. The number of carbonyl (C=O) groups excluding carboxylic acids is 3. The molecule has 1 N–H and O–H groups in total. The van der Waals surface area contributed by atoms with Crippen LogP contribution in [0.3, 0.4) is 0 Å². The standard InChI is InChI=1S/C23H20FIN2O4/c24-16-5-3-4-15(10-16)13-31-20-9-8-14(12-19(20)25)11-18-21(28)26-23(30)27(22(18)29)17-6-1-2-7-17/h3-5,8-12,17H,1-2,6-7,13H2,(H,26,28,30)/b18-11+. The third kappa shape index (κ3) is 4.79. The third-order valence-corrected chi connectivity index (χ3v) is 6.22. The van der Waals surface area contributed by atoms with Gasteiger partial charge < -0.3 is 4.74 Å². The maximum atomic E-state index is 13.3. The molecule has 160 valence electrons. The molecule has 4 amide bonds. The van der Waals surface area contributed by atoms with E-state index in [0.29, 0.717) is 16.9 Å². The van der Waals surface area contributed by atoms with Gasteiger partial charge in [-0.3, -0.25) is 19.8 Å². The molecule has 2 fully saturated rings. The number of halogens is 2. The summed E-state index contributed by atoms with van der Waals surface area (Å²) in [5, 5.41) is 2.28. The van der Waals surface area contributed by atoms with Gasteiger partial charge in [-0.2, -0.15) is 0 Å². The van der Waals surface area contributed by atoms with Crippen LogP contribution >= 0.6 is 22.6 Å². The van der Waals surface area contributed by atoms with Gasteiger partial charge in [0.15, 0.2) is 0 Å². The molecule has 0 aromatic heterocycles. The van der Waals surface area contributed by atoms with E-state index in [1.54, 1.807) is 30.3 Å². The summed E-state index contributed by atoms with van der Waals surface area (Å²) in [6.45, 7) is 0.216. The van der Waals surface area contributed by atoms with Crippen molar-refractivity contribution < 1.29 is 23.5 Å². The molecule has 6 nitrogen and oxygen atoms in total. The lowest BCUT2D eigenvalue weighted by Crippen LogP contribution is -2.57. The molecule has 2 aromatic rings. The first-order valence-corrected chi connectivity index (χ1v) is 11.1. The molecule has 0 bridgehead atoms. The average Bonchev–Trinajstić information content (AvgIpc) is 3.25. The average molecular weight is 534 g/mol. The normalized spacial score (nSPS) is 18.6. The van der Waals surface area contributed by atoms with Crippen molar-refractivity contribution in [1.29, 1.82) is 0 Å². The fourth-order valence-corrected chi connectivity index (χ4v) is 4.54. The molecule has 1 saturated heterocycles. The second-order valence-corrected chi connectivity index (χ2v) is 8.70. The molecule has 0 unspecified atom stereocenters. The fourth-order valence-electron chi connectivity index (χ4n) is 3.84. The maximum Gasteiger partial charge on any atom is 0.331 e. The van der Waals surface area contributed by atoms with Crippen LogP contribution in [0.25, 0.3) is 6.08 Å². The Morgan fingerprint density at radius 3 is 2.61 bits per heavy atom. The molecule has 1 aliphatic carbocycles. The molecule has 1 aliphatic heterocycles. The van der Waals surface area contributed by atoms with Gasteiger partial charge in [0.2, 0.25) is 0 Å². The van der Waals surface area contributed by atoms with Gasteiger partial charge in [-0.05, 0) is 76.9 Å². The predicted octanol–water partition coefficient (Wildman–Crippen LogP) is 4.41. The van der Waals surface area contributed by atoms with Crippen LogP contribution in [-0.2, 0) is 16.2 Å². The molecule has 1 heterocycles. The zero-order valence-electron chi connectivity index (χ0n) is 16.6. The van der Waals surface area contributed by atoms with Crippen LogP contribution in [-0.4, -0.2) is 28.8 Å². The van der Waals surface area contributed by atoms with Gasteiger partial charge in [0.1, 0.15) is 23.7 Å². The van der Waals surface area contributed by atoms with E-state index < -0.39 is 17.8 Å². The number of ether oxygens (including phenoxy) is 1. The molecule has 1 saturated carbocycles. The van der Waals surface area contributed by atoms with E-state index in [0.717, 1.165) is 29.3 Å². The van der Waals surface area contributed by atoms with E-state index in [1.165, 1.54) is 23.1 Å². The number of nitrogens with zero attached hydrogens (tertiary/aromatic N) is 1. The Bertz CT molecular complexity index is 1080. The number of benzene rings is 2. The largest absolute Gasteiger partial charge is 0.488 e. The maximum absolute atomic E-state index is 13.3. The van der Waals surface area contributed by atoms with Crippen molar-refractivity contribution in [3.63, 3.8) is 0 Å². The summed E-state index contributed by atoms with van der Waals surface area (Å²) in [5.74, 6) is -0.958. The predicted molar refractivity (Wildman–Crippen MR) is 121 cm³/mol. The van der Waals surface area contributed by atoms with E-state index >= 15 is 0 Å². The number of carbonyl (C=O) groups is 3. The van der Waals surface area contributed by atoms with Crippen molar-refractivity contribution in [3.8, 4) is 5.75 Å². The Morgan fingerprint density at radius 2 is 1.90 bits per heavy atom. The summed E-state index contributed by atoms with van der Waals surface area (Å²) >= 11 is 2.10. The molecule has 31 heavy (non-hydrogen) atoms. The number of imide groups is 2. The molecule has 8 heteroatoms. The minimum atomic E-state index is -0.689. The Kier molecular flexibility index (Phi) is 6.35. The number of hydrogen-bond donors (Lipinski definition) is 1. The topological polar surface area (TPSA) is 75.7 Å².